The Bertz CT molecular complexity index is 376. The van der Waals surface area contributed by atoms with Crippen LogP contribution in [0.1, 0.15) is 29.4 Å². The SMILES string of the molecule is CCC1Cc2nc(N)ccc2C(=O)O1. The first-order valence-corrected chi connectivity index (χ1v) is 4.67. The van der Waals surface area contributed by atoms with Gasteiger partial charge in [0.2, 0.25) is 0 Å². The third-order valence-electron chi connectivity index (χ3n) is 2.37. The maximum absolute atomic E-state index is 11.5. The molecule has 0 bridgehead atoms. The minimum atomic E-state index is -0.286. The van der Waals surface area contributed by atoms with E-state index in [0.29, 0.717) is 17.8 Å². The molecule has 0 fully saturated rings. The van der Waals surface area contributed by atoms with Gasteiger partial charge in [0.25, 0.3) is 0 Å². The highest BCUT2D eigenvalue weighted by molar-refractivity contribution is 5.91. The highest BCUT2D eigenvalue weighted by atomic mass is 16.5. The van der Waals surface area contributed by atoms with E-state index >= 15 is 0 Å². The molecular formula is C10H12N2O2. The van der Waals surface area contributed by atoms with Gasteiger partial charge >= 0.3 is 5.97 Å². The van der Waals surface area contributed by atoms with Crippen LogP contribution >= 0.6 is 0 Å². The average Bonchev–Trinajstić information content (AvgIpc) is 2.16. The molecule has 1 atom stereocenters. The number of anilines is 1. The van der Waals surface area contributed by atoms with E-state index < -0.39 is 0 Å². The Morgan fingerprint density at radius 2 is 2.43 bits per heavy atom. The lowest BCUT2D eigenvalue weighted by Gasteiger charge is -2.22. The number of carbonyl (C=O) groups is 1. The largest absolute Gasteiger partial charge is 0.458 e. The summed E-state index contributed by atoms with van der Waals surface area (Å²) in [4.78, 5) is 15.6. The number of nitrogen functional groups attached to an aromatic ring is 1. The van der Waals surface area contributed by atoms with Gasteiger partial charge in [-0.3, -0.25) is 0 Å². The number of hydrogen-bond acceptors (Lipinski definition) is 4. The number of cyclic esters (lactones) is 1. The van der Waals surface area contributed by atoms with Crippen molar-refractivity contribution >= 4 is 11.8 Å². The van der Waals surface area contributed by atoms with Gasteiger partial charge in [-0.05, 0) is 18.6 Å². The number of aromatic nitrogens is 1. The summed E-state index contributed by atoms with van der Waals surface area (Å²) >= 11 is 0. The van der Waals surface area contributed by atoms with Crippen molar-refractivity contribution < 1.29 is 9.53 Å². The fraction of sp³-hybridized carbons (Fsp3) is 0.400. The number of carbonyl (C=O) groups excluding carboxylic acids is 1. The van der Waals surface area contributed by atoms with Crippen molar-refractivity contribution in [3.05, 3.63) is 23.4 Å². The van der Waals surface area contributed by atoms with Crippen molar-refractivity contribution in [2.45, 2.75) is 25.9 Å². The molecule has 2 rings (SSSR count). The minimum absolute atomic E-state index is 0.0516. The Morgan fingerprint density at radius 1 is 1.64 bits per heavy atom. The van der Waals surface area contributed by atoms with Crippen molar-refractivity contribution in [1.29, 1.82) is 0 Å². The molecule has 1 aromatic rings. The van der Waals surface area contributed by atoms with E-state index in [4.69, 9.17) is 10.5 Å². The van der Waals surface area contributed by atoms with Crippen molar-refractivity contribution in [1.82, 2.24) is 4.98 Å². The fourth-order valence-electron chi connectivity index (χ4n) is 1.56. The second-order valence-corrected chi connectivity index (χ2v) is 3.37. The van der Waals surface area contributed by atoms with Crippen LogP contribution in [0.4, 0.5) is 5.82 Å². The van der Waals surface area contributed by atoms with Crippen LogP contribution < -0.4 is 5.73 Å². The number of pyridine rings is 1. The molecule has 1 aliphatic heterocycles. The summed E-state index contributed by atoms with van der Waals surface area (Å²) in [6.45, 7) is 1.98. The molecule has 0 amide bonds. The van der Waals surface area contributed by atoms with Crippen LogP contribution in [-0.2, 0) is 11.2 Å². The molecule has 0 spiro atoms. The van der Waals surface area contributed by atoms with Crippen LogP contribution in [0.15, 0.2) is 12.1 Å². The van der Waals surface area contributed by atoms with Gasteiger partial charge in [0.05, 0.1) is 11.3 Å². The van der Waals surface area contributed by atoms with E-state index in [-0.39, 0.29) is 12.1 Å². The number of fused-ring (bicyclic) bond motifs is 1. The van der Waals surface area contributed by atoms with Gasteiger partial charge < -0.3 is 10.5 Å². The Kier molecular flexibility index (Phi) is 2.11. The number of hydrogen-bond donors (Lipinski definition) is 1. The zero-order valence-electron chi connectivity index (χ0n) is 7.99. The normalized spacial score (nSPS) is 20.1. The lowest BCUT2D eigenvalue weighted by molar-refractivity contribution is 0.0245. The zero-order chi connectivity index (χ0) is 10.1. The van der Waals surface area contributed by atoms with E-state index in [0.717, 1.165) is 12.1 Å². The Labute approximate surface area is 82.1 Å². The summed E-state index contributed by atoms with van der Waals surface area (Å²) in [6, 6.07) is 3.29. The van der Waals surface area contributed by atoms with Crippen LogP contribution in [0.2, 0.25) is 0 Å². The molecule has 14 heavy (non-hydrogen) atoms. The van der Waals surface area contributed by atoms with Gasteiger partial charge in [0.1, 0.15) is 11.9 Å². The smallest absolute Gasteiger partial charge is 0.340 e. The fourth-order valence-corrected chi connectivity index (χ4v) is 1.56. The topological polar surface area (TPSA) is 65.2 Å². The lowest BCUT2D eigenvalue weighted by atomic mass is 10.0. The van der Waals surface area contributed by atoms with Crippen LogP contribution in [0.5, 0.6) is 0 Å². The third kappa shape index (κ3) is 1.43. The molecule has 0 aliphatic carbocycles. The summed E-state index contributed by atoms with van der Waals surface area (Å²) in [5.41, 5.74) is 6.85. The number of ether oxygens (including phenoxy) is 1. The quantitative estimate of drug-likeness (QED) is 0.678. The van der Waals surface area contributed by atoms with Gasteiger partial charge in [-0.25, -0.2) is 9.78 Å². The Hall–Kier alpha value is -1.58. The predicted molar refractivity (Wildman–Crippen MR) is 51.8 cm³/mol. The molecule has 0 saturated heterocycles. The van der Waals surface area contributed by atoms with Crippen molar-refractivity contribution in [3.8, 4) is 0 Å². The summed E-state index contributed by atoms with van der Waals surface area (Å²) in [5, 5.41) is 0. The molecular weight excluding hydrogens is 180 g/mol. The monoisotopic (exact) mass is 192 g/mol. The Morgan fingerprint density at radius 3 is 3.14 bits per heavy atom. The maximum Gasteiger partial charge on any atom is 0.340 e. The maximum atomic E-state index is 11.5. The van der Waals surface area contributed by atoms with E-state index in [9.17, 15) is 4.79 Å². The summed E-state index contributed by atoms with van der Waals surface area (Å²) in [5.74, 6) is 0.166. The average molecular weight is 192 g/mol. The molecule has 0 aromatic carbocycles. The third-order valence-corrected chi connectivity index (χ3v) is 2.37. The lowest BCUT2D eigenvalue weighted by Crippen LogP contribution is -2.28. The summed E-state index contributed by atoms with van der Waals surface area (Å²) in [7, 11) is 0. The Balaban J connectivity index is 2.40. The van der Waals surface area contributed by atoms with Crippen LogP contribution in [0.25, 0.3) is 0 Å². The molecule has 4 heteroatoms. The molecule has 0 saturated carbocycles. The summed E-state index contributed by atoms with van der Waals surface area (Å²) < 4.78 is 5.18. The zero-order valence-corrected chi connectivity index (χ0v) is 7.99. The van der Waals surface area contributed by atoms with Gasteiger partial charge in [0, 0.05) is 6.42 Å². The van der Waals surface area contributed by atoms with E-state index in [1.165, 1.54) is 0 Å². The van der Waals surface area contributed by atoms with Gasteiger partial charge in [-0.1, -0.05) is 6.92 Å². The second-order valence-electron chi connectivity index (χ2n) is 3.37. The first-order chi connectivity index (χ1) is 6.70. The highest BCUT2D eigenvalue weighted by Gasteiger charge is 2.26. The van der Waals surface area contributed by atoms with Crippen LogP contribution in [0, 0.1) is 0 Å². The van der Waals surface area contributed by atoms with Gasteiger partial charge in [0.15, 0.2) is 0 Å². The number of esters is 1. The minimum Gasteiger partial charge on any atom is -0.458 e. The second kappa shape index (κ2) is 3.29. The first-order valence-electron chi connectivity index (χ1n) is 4.67. The van der Waals surface area contributed by atoms with Crippen LogP contribution in [0.3, 0.4) is 0 Å². The number of rotatable bonds is 1. The van der Waals surface area contributed by atoms with Gasteiger partial charge in [-0.2, -0.15) is 0 Å². The van der Waals surface area contributed by atoms with Crippen molar-refractivity contribution in [3.63, 3.8) is 0 Å². The molecule has 74 valence electrons. The molecule has 2 heterocycles. The molecule has 4 nitrogen and oxygen atoms in total. The van der Waals surface area contributed by atoms with Gasteiger partial charge in [-0.15, -0.1) is 0 Å². The summed E-state index contributed by atoms with van der Waals surface area (Å²) in [6.07, 6.45) is 1.42. The number of nitrogens with zero attached hydrogens (tertiary/aromatic N) is 1. The molecule has 2 N–H and O–H groups in total. The van der Waals surface area contributed by atoms with Crippen molar-refractivity contribution in [2.75, 3.05) is 5.73 Å². The standard InChI is InChI=1S/C10H12N2O2/c1-2-6-5-8-7(10(13)14-6)3-4-9(11)12-8/h3-4,6H,2,5H2,1H3,(H2,11,12). The van der Waals surface area contributed by atoms with E-state index in [2.05, 4.69) is 4.98 Å². The number of nitrogens with two attached hydrogens (primary N) is 1. The molecule has 1 unspecified atom stereocenters. The predicted octanol–water partition coefficient (Wildman–Crippen LogP) is 1.16. The van der Waals surface area contributed by atoms with Crippen LogP contribution in [-0.4, -0.2) is 17.1 Å². The first kappa shape index (κ1) is 8.99. The van der Waals surface area contributed by atoms with E-state index in [1.54, 1.807) is 12.1 Å². The van der Waals surface area contributed by atoms with E-state index in [1.807, 2.05) is 6.92 Å². The highest BCUT2D eigenvalue weighted by Crippen LogP contribution is 2.21. The van der Waals surface area contributed by atoms with Crippen molar-refractivity contribution in [2.24, 2.45) is 0 Å². The molecule has 0 radical (unpaired) electrons. The molecule has 1 aliphatic rings. The molecule has 1 aromatic heterocycles.